The molecule has 3 N–H and O–H groups in total. The molecule has 1 unspecified atom stereocenters. The minimum absolute atomic E-state index is 0.0808. The summed E-state index contributed by atoms with van der Waals surface area (Å²) < 4.78 is 5.60. The molecule has 0 bridgehead atoms. The van der Waals surface area contributed by atoms with Gasteiger partial charge >= 0.3 is 0 Å². The summed E-state index contributed by atoms with van der Waals surface area (Å²) in [6, 6.07) is 8.00. The quantitative estimate of drug-likeness (QED) is 0.735. The molecule has 0 fully saturated rings. The van der Waals surface area contributed by atoms with Gasteiger partial charge in [0.2, 0.25) is 5.91 Å². The number of hydrogen-bond donors (Lipinski definition) is 2. The van der Waals surface area contributed by atoms with E-state index in [-0.39, 0.29) is 5.91 Å². The van der Waals surface area contributed by atoms with Gasteiger partial charge < -0.3 is 15.8 Å². The highest BCUT2D eigenvalue weighted by Gasteiger charge is 2.26. The van der Waals surface area contributed by atoms with Gasteiger partial charge in [-0.1, -0.05) is 32.4 Å². The Labute approximate surface area is 128 Å². The second-order valence-electron chi connectivity index (χ2n) is 5.67. The number of hydrogen-bond acceptors (Lipinski definition) is 3. The fourth-order valence-electron chi connectivity index (χ4n) is 2.17. The predicted octanol–water partition coefficient (Wildman–Crippen LogP) is 2.65. The molecule has 0 saturated carbocycles. The van der Waals surface area contributed by atoms with Crippen molar-refractivity contribution < 1.29 is 9.53 Å². The summed E-state index contributed by atoms with van der Waals surface area (Å²) in [5, 5.41) is 2.91. The number of benzene rings is 1. The Bertz CT molecular complexity index is 444. The van der Waals surface area contributed by atoms with Crippen LogP contribution in [0.3, 0.4) is 0 Å². The van der Waals surface area contributed by atoms with Crippen molar-refractivity contribution in [2.45, 2.75) is 52.0 Å². The number of ether oxygens (including phenoxy) is 1. The third-order valence-corrected chi connectivity index (χ3v) is 3.36. The molecule has 21 heavy (non-hydrogen) atoms. The highest BCUT2D eigenvalue weighted by atomic mass is 16.5. The van der Waals surface area contributed by atoms with E-state index in [1.54, 1.807) is 6.92 Å². The summed E-state index contributed by atoms with van der Waals surface area (Å²) in [6.45, 7) is 7.21. The molecule has 0 heterocycles. The molecule has 4 nitrogen and oxygen atoms in total. The molecule has 0 aromatic heterocycles. The first kappa shape index (κ1) is 17.5. The van der Waals surface area contributed by atoms with E-state index < -0.39 is 5.54 Å². The van der Waals surface area contributed by atoms with Crippen LogP contribution in [0.2, 0.25) is 0 Å². The van der Waals surface area contributed by atoms with Crippen LogP contribution in [0.1, 0.15) is 45.6 Å². The highest BCUT2D eigenvalue weighted by Crippen LogP contribution is 2.14. The van der Waals surface area contributed by atoms with E-state index in [0.717, 1.165) is 37.2 Å². The van der Waals surface area contributed by atoms with E-state index in [1.165, 1.54) is 0 Å². The summed E-state index contributed by atoms with van der Waals surface area (Å²) in [7, 11) is 0. The number of carbonyl (C=O) groups excluding carboxylic acids is 1. The fourth-order valence-corrected chi connectivity index (χ4v) is 2.17. The molecule has 1 aromatic rings. The average molecular weight is 292 g/mol. The first-order chi connectivity index (χ1) is 9.99. The van der Waals surface area contributed by atoms with E-state index in [9.17, 15) is 4.79 Å². The minimum atomic E-state index is -0.777. The Morgan fingerprint density at radius 2 is 2.10 bits per heavy atom. The van der Waals surface area contributed by atoms with Gasteiger partial charge in [0, 0.05) is 6.54 Å². The molecule has 1 amide bonds. The molecular weight excluding hydrogens is 264 g/mol. The van der Waals surface area contributed by atoms with Crippen LogP contribution in [0, 0.1) is 0 Å². The van der Waals surface area contributed by atoms with Gasteiger partial charge in [0.05, 0.1) is 12.1 Å². The topological polar surface area (TPSA) is 64.3 Å². The number of rotatable bonds is 9. The molecule has 4 heteroatoms. The lowest BCUT2D eigenvalue weighted by atomic mass is 9.96. The van der Waals surface area contributed by atoms with E-state index in [0.29, 0.717) is 13.0 Å². The lowest BCUT2D eigenvalue weighted by Crippen LogP contribution is -2.51. The van der Waals surface area contributed by atoms with Crippen LogP contribution in [-0.4, -0.2) is 24.6 Å². The van der Waals surface area contributed by atoms with Crippen LogP contribution < -0.4 is 15.8 Å². The largest absolute Gasteiger partial charge is 0.494 e. The fraction of sp³-hybridized carbons (Fsp3) is 0.588. The zero-order valence-electron chi connectivity index (χ0n) is 13.4. The molecule has 118 valence electrons. The highest BCUT2D eigenvalue weighted by molar-refractivity contribution is 5.85. The van der Waals surface area contributed by atoms with Crippen molar-refractivity contribution in [3.63, 3.8) is 0 Å². The molecule has 0 aliphatic carbocycles. The molecule has 1 aromatic carbocycles. The summed E-state index contributed by atoms with van der Waals surface area (Å²) in [6.07, 6.45) is 3.36. The number of nitrogens with one attached hydrogen (secondary N) is 1. The number of carbonyl (C=O) groups is 1. The first-order valence-electron chi connectivity index (χ1n) is 7.78. The van der Waals surface area contributed by atoms with E-state index in [4.69, 9.17) is 10.5 Å². The first-order valence-corrected chi connectivity index (χ1v) is 7.78. The summed E-state index contributed by atoms with van der Waals surface area (Å²) in [5.41, 5.74) is 6.37. The third-order valence-electron chi connectivity index (χ3n) is 3.36. The van der Waals surface area contributed by atoms with Crippen molar-refractivity contribution in [3.8, 4) is 5.75 Å². The SMILES string of the molecule is CCCOc1cccc(CCNC(=O)C(C)(N)CCC)c1. The van der Waals surface area contributed by atoms with Gasteiger partial charge in [0.1, 0.15) is 5.75 Å². The Morgan fingerprint density at radius 1 is 1.33 bits per heavy atom. The molecule has 0 spiro atoms. The number of nitrogens with two attached hydrogens (primary N) is 1. The van der Waals surface area contributed by atoms with Crippen LogP contribution in [-0.2, 0) is 11.2 Å². The maximum atomic E-state index is 12.0. The Morgan fingerprint density at radius 3 is 2.76 bits per heavy atom. The van der Waals surface area contributed by atoms with Gasteiger partial charge in [-0.3, -0.25) is 4.79 Å². The maximum Gasteiger partial charge on any atom is 0.239 e. The van der Waals surface area contributed by atoms with Gasteiger partial charge in [-0.25, -0.2) is 0 Å². The van der Waals surface area contributed by atoms with Crippen molar-refractivity contribution in [2.75, 3.05) is 13.2 Å². The predicted molar refractivity (Wildman–Crippen MR) is 86.4 cm³/mol. The summed E-state index contributed by atoms with van der Waals surface area (Å²) in [4.78, 5) is 12.0. The van der Waals surface area contributed by atoms with Crippen LogP contribution >= 0.6 is 0 Å². The molecule has 0 radical (unpaired) electrons. The lowest BCUT2D eigenvalue weighted by Gasteiger charge is -2.22. The van der Waals surface area contributed by atoms with Crippen molar-refractivity contribution in [1.29, 1.82) is 0 Å². The monoisotopic (exact) mass is 292 g/mol. The molecule has 0 aliphatic rings. The zero-order valence-corrected chi connectivity index (χ0v) is 13.4. The lowest BCUT2D eigenvalue weighted by molar-refractivity contribution is -0.126. The second kappa shape index (κ2) is 8.67. The summed E-state index contributed by atoms with van der Waals surface area (Å²) >= 11 is 0. The van der Waals surface area contributed by atoms with Gasteiger partial charge in [-0.15, -0.1) is 0 Å². The normalized spacial score (nSPS) is 13.5. The van der Waals surface area contributed by atoms with Crippen LogP contribution in [0.25, 0.3) is 0 Å². The van der Waals surface area contributed by atoms with Crippen LogP contribution in [0.15, 0.2) is 24.3 Å². The van der Waals surface area contributed by atoms with E-state index >= 15 is 0 Å². The molecule has 1 atom stereocenters. The standard InChI is InChI=1S/C17H28N2O2/c1-4-10-17(3,18)16(20)19-11-9-14-7-6-8-15(13-14)21-12-5-2/h6-8,13H,4-5,9-12,18H2,1-3H3,(H,19,20). The smallest absolute Gasteiger partial charge is 0.239 e. The van der Waals surface area contributed by atoms with Crippen molar-refractivity contribution in [1.82, 2.24) is 5.32 Å². The number of amides is 1. The maximum absolute atomic E-state index is 12.0. The van der Waals surface area contributed by atoms with Gasteiger partial charge in [0.15, 0.2) is 0 Å². The Hall–Kier alpha value is -1.55. The van der Waals surface area contributed by atoms with Crippen molar-refractivity contribution >= 4 is 5.91 Å². The van der Waals surface area contributed by atoms with Gasteiger partial charge in [0.25, 0.3) is 0 Å². The van der Waals surface area contributed by atoms with Crippen molar-refractivity contribution in [3.05, 3.63) is 29.8 Å². The molecule has 0 aliphatic heterocycles. The second-order valence-corrected chi connectivity index (χ2v) is 5.67. The zero-order chi connectivity index (χ0) is 15.7. The van der Waals surface area contributed by atoms with Gasteiger partial charge in [-0.05, 0) is 43.9 Å². The summed E-state index contributed by atoms with van der Waals surface area (Å²) in [5.74, 6) is 0.804. The van der Waals surface area contributed by atoms with E-state index in [1.807, 2.05) is 31.2 Å². The molecular formula is C17H28N2O2. The molecule has 1 rings (SSSR count). The van der Waals surface area contributed by atoms with Gasteiger partial charge in [-0.2, -0.15) is 0 Å². The third kappa shape index (κ3) is 6.17. The minimum Gasteiger partial charge on any atom is -0.494 e. The van der Waals surface area contributed by atoms with Crippen LogP contribution in [0.4, 0.5) is 0 Å². The van der Waals surface area contributed by atoms with E-state index in [2.05, 4.69) is 12.2 Å². The molecule has 0 saturated heterocycles. The Balaban J connectivity index is 2.43. The van der Waals surface area contributed by atoms with Crippen molar-refractivity contribution in [2.24, 2.45) is 5.73 Å². The Kier molecular flexibility index (Phi) is 7.23. The van der Waals surface area contributed by atoms with Crippen LogP contribution in [0.5, 0.6) is 5.75 Å². The average Bonchev–Trinajstić information content (AvgIpc) is 2.45.